The molecule has 1 atom stereocenters. The van der Waals surface area contributed by atoms with Crippen molar-refractivity contribution in [1.82, 2.24) is 10.5 Å². The van der Waals surface area contributed by atoms with E-state index in [1.165, 1.54) is 0 Å². The molecule has 1 amide bonds. The summed E-state index contributed by atoms with van der Waals surface area (Å²) in [5, 5.41) is 6.48. The van der Waals surface area contributed by atoms with Crippen molar-refractivity contribution in [2.45, 2.75) is 20.0 Å². The smallest absolute Gasteiger partial charge is 0.273 e. The summed E-state index contributed by atoms with van der Waals surface area (Å²) in [5.74, 6) is 0.342. The largest absolute Gasteiger partial charge is 0.375 e. The SMILES string of the molecule is CO[C@@H](CNC(=O)c1cc(C)on1)c1ccccc1C. The Hall–Kier alpha value is -2.14. The number of benzene rings is 1. The quantitative estimate of drug-likeness (QED) is 0.909. The van der Waals surface area contributed by atoms with Crippen molar-refractivity contribution >= 4 is 5.91 Å². The lowest BCUT2D eigenvalue weighted by Gasteiger charge is -2.18. The van der Waals surface area contributed by atoms with Gasteiger partial charge < -0.3 is 14.6 Å². The number of rotatable bonds is 5. The number of aromatic nitrogens is 1. The molecule has 2 aromatic rings. The Morgan fingerprint density at radius 2 is 2.15 bits per heavy atom. The molecule has 0 saturated carbocycles. The molecular weight excluding hydrogens is 256 g/mol. The van der Waals surface area contributed by atoms with Crippen LogP contribution in [-0.2, 0) is 4.74 Å². The van der Waals surface area contributed by atoms with Crippen LogP contribution in [0, 0.1) is 13.8 Å². The summed E-state index contributed by atoms with van der Waals surface area (Å²) in [6.07, 6.45) is -0.187. The zero-order valence-electron chi connectivity index (χ0n) is 11.8. The molecule has 0 fully saturated rings. The fraction of sp³-hybridized carbons (Fsp3) is 0.333. The number of hydrogen-bond acceptors (Lipinski definition) is 4. The predicted molar refractivity (Wildman–Crippen MR) is 74.5 cm³/mol. The zero-order chi connectivity index (χ0) is 14.5. The number of carbonyl (C=O) groups is 1. The number of hydrogen-bond donors (Lipinski definition) is 1. The molecule has 0 aliphatic carbocycles. The molecule has 5 nitrogen and oxygen atoms in total. The molecule has 1 heterocycles. The van der Waals surface area contributed by atoms with Gasteiger partial charge in [0, 0.05) is 19.7 Å². The molecule has 0 unspecified atom stereocenters. The van der Waals surface area contributed by atoms with Gasteiger partial charge in [0.05, 0.1) is 6.10 Å². The molecular formula is C15H18N2O3. The first kappa shape index (κ1) is 14.3. The number of nitrogens with zero attached hydrogens (tertiary/aromatic N) is 1. The standard InChI is InChI=1S/C15H18N2O3/c1-10-6-4-5-7-12(10)14(19-3)9-16-15(18)13-8-11(2)20-17-13/h4-8,14H,9H2,1-3H3,(H,16,18)/t14-/m0/s1. The van der Waals surface area contributed by atoms with Crippen LogP contribution in [-0.4, -0.2) is 24.7 Å². The Balaban J connectivity index is 2.01. The molecule has 0 bridgehead atoms. The number of ether oxygens (including phenoxy) is 1. The number of amides is 1. The van der Waals surface area contributed by atoms with E-state index in [4.69, 9.17) is 9.26 Å². The second kappa shape index (κ2) is 6.34. The van der Waals surface area contributed by atoms with Crippen molar-refractivity contribution < 1.29 is 14.1 Å². The van der Waals surface area contributed by atoms with Gasteiger partial charge in [-0.25, -0.2) is 0 Å². The topological polar surface area (TPSA) is 64.4 Å². The average Bonchev–Trinajstić information content (AvgIpc) is 2.88. The minimum atomic E-state index is -0.266. The summed E-state index contributed by atoms with van der Waals surface area (Å²) >= 11 is 0. The van der Waals surface area contributed by atoms with Crippen LogP contribution in [0.4, 0.5) is 0 Å². The second-order valence-electron chi connectivity index (χ2n) is 4.61. The van der Waals surface area contributed by atoms with Gasteiger partial charge in [0.25, 0.3) is 5.91 Å². The zero-order valence-corrected chi connectivity index (χ0v) is 11.8. The van der Waals surface area contributed by atoms with E-state index in [2.05, 4.69) is 10.5 Å². The first-order valence-corrected chi connectivity index (χ1v) is 6.41. The molecule has 0 saturated heterocycles. The van der Waals surface area contributed by atoms with E-state index in [0.717, 1.165) is 11.1 Å². The van der Waals surface area contributed by atoms with Crippen LogP contribution in [0.1, 0.15) is 33.5 Å². The lowest BCUT2D eigenvalue weighted by Crippen LogP contribution is -2.29. The van der Waals surface area contributed by atoms with Crippen molar-refractivity contribution in [3.05, 3.63) is 52.9 Å². The van der Waals surface area contributed by atoms with E-state index < -0.39 is 0 Å². The number of nitrogens with one attached hydrogen (secondary N) is 1. The maximum Gasteiger partial charge on any atom is 0.273 e. The minimum absolute atomic E-state index is 0.187. The lowest BCUT2D eigenvalue weighted by atomic mass is 10.0. The van der Waals surface area contributed by atoms with Crippen molar-refractivity contribution in [2.75, 3.05) is 13.7 Å². The number of methoxy groups -OCH3 is 1. The van der Waals surface area contributed by atoms with Crippen molar-refractivity contribution in [1.29, 1.82) is 0 Å². The highest BCUT2D eigenvalue weighted by Crippen LogP contribution is 2.19. The fourth-order valence-electron chi connectivity index (χ4n) is 2.02. The van der Waals surface area contributed by atoms with E-state index in [9.17, 15) is 4.79 Å². The van der Waals surface area contributed by atoms with Gasteiger partial charge in [-0.05, 0) is 25.0 Å². The molecule has 20 heavy (non-hydrogen) atoms. The third kappa shape index (κ3) is 3.24. The van der Waals surface area contributed by atoms with Gasteiger partial charge >= 0.3 is 0 Å². The monoisotopic (exact) mass is 274 g/mol. The third-order valence-corrected chi connectivity index (χ3v) is 3.13. The molecule has 5 heteroatoms. The summed E-state index contributed by atoms with van der Waals surface area (Å²) in [5.41, 5.74) is 2.47. The Bertz CT molecular complexity index is 592. The average molecular weight is 274 g/mol. The van der Waals surface area contributed by atoms with Crippen LogP contribution >= 0.6 is 0 Å². The molecule has 2 rings (SSSR count). The molecule has 1 aromatic carbocycles. The van der Waals surface area contributed by atoms with E-state index in [-0.39, 0.29) is 17.7 Å². The van der Waals surface area contributed by atoms with Crippen LogP contribution in [0.2, 0.25) is 0 Å². The Morgan fingerprint density at radius 3 is 2.75 bits per heavy atom. The van der Waals surface area contributed by atoms with Crippen molar-refractivity contribution in [2.24, 2.45) is 0 Å². The Kier molecular flexibility index (Phi) is 4.53. The molecule has 1 aromatic heterocycles. The number of aryl methyl sites for hydroxylation is 2. The summed E-state index contributed by atoms with van der Waals surface area (Å²) in [4.78, 5) is 11.9. The highest BCUT2D eigenvalue weighted by molar-refractivity contribution is 5.92. The summed E-state index contributed by atoms with van der Waals surface area (Å²) < 4.78 is 10.3. The molecule has 0 spiro atoms. The van der Waals surface area contributed by atoms with Crippen molar-refractivity contribution in [3.63, 3.8) is 0 Å². The van der Waals surface area contributed by atoms with Crippen LogP contribution in [0.25, 0.3) is 0 Å². The van der Waals surface area contributed by atoms with Gasteiger partial charge in [-0.15, -0.1) is 0 Å². The number of carbonyl (C=O) groups excluding carboxylic acids is 1. The van der Waals surface area contributed by atoms with Gasteiger partial charge in [-0.2, -0.15) is 0 Å². The van der Waals surface area contributed by atoms with Gasteiger partial charge in [0.15, 0.2) is 5.69 Å². The summed E-state index contributed by atoms with van der Waals surface area (Å²) in [7, 11) is 1.63. The normalized spacial score (nSPS) is 12.2. The van der Waals surface area contributed by atoms with E-state index in [0.29, 0.717) is 12.3 Å². The maximum absolute atomic E-state index is 11.9. The predicted octanol–water partition coefficient (Wildman–Crippen LogP) is 2.41. The van der Waals surface area contributed by atoms with E-state index in [1.807, 2.05) is 31.2 Å². The first-order chi connectivity index (χ1) is 9.61. The first-order valence-electron chi connectivity index (χ1n) is 6.41. The molecule has 0 radical (unpaired) electrons. The summed E-state index contributed by atoms with van der Waals surface area (Å²) in [6.45, 7) is 4.14. The molecule has 0 aliphatic heterocycles. The van der Waals surface area contributed by atoms with E-state index >= 15 is 0 Å². The Labute approximate surface area is 117 Å². The van der Waals surface area contributed by atoms with Gasteiger partial charge in [0.1, 0.15) is 5.76 Å². The Morgan fingerprint density at radius 1 is 1.40 bits per heavy atom. The van der Waals surface area contributed by atoms with Crippen molar-refractivity contribution in [3.8, 4) is 0 Å². The van der Waals surface area contributed by atoms with Gasteiger partial charge in [-0.1, -0.05) is 29.4 Å². The highest BCUT2D eigenvalue weighted by atomic mass is 16.5. The fourth-order valence-corrected chi connectivity index (χ4v) is 2.02. The van der Waals surface area contributed by atoms with Gasteiger partial charge in [-0.3, -0.25) is 4.79 Å². The second-order valence-corrected chi connectivity index (χ2v) is 4.61. The van der Waals surface area contributed by atoms with E-state index in [1.54, 1.807) is 20.1 Å². The van der Waals surface area contributed by atoms with Crippen LogP contribution in [0.5, 0.6) is 0 Å². The van der Waals surface area contributed by atoms with Gasteiger partial charge in [0.2, 0.25) is 0 Å². The molecule has 106 valence electrons. The summed E-state index contributed by atoms with van der Waals surface area (Å²) in [6, 6.07) is 9.55. The van der Waals surface area contributed by atoms with Crippen LogP contribution in [0.3, 0.4) is 0 Å². The molecule has 1 N–H and O–H groups in total. The van der Waals surface area contributed by atoms with Crippen LogP contribution < -0.4 is 5.32 Å². The maximum atomic E-state index is 11.9. The minimum Gasteiger partial charge on any atom is -0.375 e. The van der Waals surface area contributed by atoms with Crippen LogP contribution in [0.15, 0.2) is 34.9 Å². The third-order valence-electron chi connectivity index (χ3n) is 3.13. The highest BCUT2D eigenvalue weighted by Gasteiger charge is 2.16. The molecule has 0 aliphatic rings. The lowest BCUT2D eigenvalue weighted by molar-refractivity contribution is 0.0819.